The molecule has 4 heteroatoms. The monoisotopic (exact) mass is 259 g/mol. The van der Waals surface area contributed by atoms with Gasteiger partial charge in [-0.2, -0.15) is 0 Å². The van der Waals surface area contributed by atoms with E-state index >= 15 is 0 Å². The molecule has 0 aromatic heterocycles. The lowest BCUT2D eigenvalue weighted by Crippen LogP contribution is -2.50. The second kappa shape index (κ2) is 5.21. The zero-order valence-corrected chi connectivity index (χ0v) is 11.4. The lowest BCUT2D eigenvalue weighted by Gasteiger charge is -2.30. The number of piperidine rings is 1. The van der Waals surface area contributed by atoms with E-state index in [0.717, 1.165) is 31.6 Å². The number of rotatable bonds is 2. The van der Waals surface area contributed by atoms with Gasteiger partial charge in [0, 0.05) is 24.7 Å². The van der Waals surface area contributed by atoms with Gasteiger partial charge in [0.05, 0.1) is 0 Å². The van der Waals surface area contributed by atoms with Crippen LogP contribution in [0.2, 0.25) is 0 Å². The van der Waals surface area contributed by atoms with Crippen molar-refractivity contribution in [3.8, 4) is 0 Å². The van der Waals surface area contributed by atoms with Crippen LogP contribution < -0.4 is 10.6 Å². The first-order valence-electron chi connectivity index (χ1n) is 7.06. The number of nitrogens with zero attached hydrogens (tertiary/aromatic N) is 1. The van der Waals surface area contributed by atoms with Crippen LogP contribution in [0.1, 0.15) is 18.4 Å². The van der Waals surface area contributed by atoms with Crippen LogP contribution in [0, 0.1) is 0 Å². The number of para-hydroxylation sites is 1. The summed E-state index contributed by atoms with van der Waals surface area (Å²) in [5, 5.41) is 6.49. The minimum absolute atomic E-state index is 0.107. The molecule has 102 valence electrons. The largest absolute Gasteiger partial charge is 0.373 e. The number of carbonyl (C=O) groups is 1. The molecule has 2 atom stereocenters. The van der Waals surface area contributed by atoms with Crippen molar-refractivity contribution >= 4 is 11.6 Å². The Morgan fingerprint density at radius 3 is 3.05 bits per heavy atom. The van der Waals surface area contributed by atoms with Crippen molar-refractivity contribution < 1.29 is 4.79 Å². The maximum atomic E-state index is 12.3. The number of hydrogen-bond acceptors (Lipinski definition) is 3. The summed E-state index contributed by atoms with van der Waals surface area (Å²) in [7, 11) is 2.11. The van der Waals surface area contributed by atoms with Crippen molar-refractivity contribution in [1.82, 2.24) is 10.2 Å². The molecule has 2 unspecified atom stereocenters. The minimum atomic E-state index is -0.107. The maximum absolute atomic E-state index is 12.3. The Hall–Kier alpha value is -1.55. The number of anilines is 1. The second-order valence-electron chi connectivity index (χ2n) is 5.67. The fourth-order valence-corrected chi connectivity index (χ4v) is 3.04. The van der Waals surface area contributed by atoms with Gasteiger partial charge in [0.15, 0.2) is 0 Å². The van der Waals surface area contributed by atoms with E-state index in [-0.39, 0.29) is 11.9 Å². The topological polar surface area (TPSA) is 44.4 Å². The van der Waals surface area contributed by atoms with Crippen molar-refractivity contribution in [3.05, 3.63) is 29.8 Å². The molecular weight excluding hydrogens is 238 g/mol. The fraction of sp³-hybridized carbons (Fsp3) is 0.533. The van der Waals surface area contributed by atoms with Crippen LogP contribution in [0.4, 0.5) is 5.69 Å². The van der Waals surface area contributed by atoms with Crippen LogP contribution in [0.5, 0.6) is 0 Å². The zero-order chi connectivity index (χ0) is 13.2. The van der Waals surface area contributed by atoms with Crippen LogP contribution in [-0.4, -0.2) is 43.0 Å². The summed E-state index contributed by atoms with van der Waals surface area (Å²) < 4.78 is 0. The fourth-order valence-electron chi connectivity index (χ4n) is 3.04. The summed E-state index contributed by atoms with van der Waals surface area (Å²) in [6.45, 7) is 2.10. The van der Waals surface area contributed by atoms with Crippen LogP contribution in [0.25, 0.3) is 0 Å². The van der Waals surface area contributed by atoms with E-state index in [1.807, 2.05) is 18.2 Å². The van der Waals surface area contributed by atoms with E-state index in [1.54, 1.807) is 0 Å². The van der Waals surface area contributed by atoms with E-state index in [9.17, 15) is 4.79 Å². The van der Waals surface area contributed by atoms with Crippen molar-refractivity contribution in [1.29, 1.82) is 0 Å². The molecule has 2 heterocycles. The zero-order valence-electron chi connectivity index (χ0n) is 11.4. The number of hydrogen-bond donors (Lipinski definition) is 2. The predicted octanol–water partition coefficient (Wildman–Crippen LogP) is 1.23. The minimum Gasteiger partial charge on any atom is -0.373 e. The number of likely N-dealkylation sites (N-methyl/N-ethyl adjacent to an activating group) is 1. The highest BCUT2D eigenvalue weighted by Crippen LogP contribution is 2.25. The smallest absolute Gasteiger partial charge is 0.243 e. The Labute approximate surface area is 114 Å². The van der Waals surface area contributed by atoms with Gasteiger partial charge in [-0.15, -0.1) is 0 Å². The van der Waals surface area contributed by atoms with Gasteiger partial charge in [-0.05, 0) is 38.1 Å². The Morgan fingerprint density at radius 2 is 2.26 bits per heavy atom. The molecule has 0 aliphatic carbocycles. The first kappa shape index (κ1) is 12.5. The predicted molar refractivity (Wildman–Crippen MR) is 76.2 cm³/mol. The molecule has 0 saturated carbocycles. The van der Waals surface area contributed by atoms with Crippen molar-refractivity contribution in [2.75, 3.05) is 25.5 Å². The molecule has 1 aromatic rings. The lowest BCUT2D eigenvalue weighted by atomic mass is 10.0. The molecule has 0 radical (unpaired) electrons. The molecule has 1 saturated heterocycles. The third-order valence-corrected chi connectivity index (χ3v) is 4.06. The highest BCUT2D eigenvalue weighted by Gasteiger charge is 2.28. The number of carbonyl (C=O) groups excluding carboxylic acids is 1. The number of likely N-dealkylation sites (tertiary alicyclic amines) is 1. The van der Waals surface area contributed by atoms with Gasteiger partial charge in [0.2, 0.25) is 5.91 Å². The summed E-state index contributed by atoms with van der Waals surface area (Å²) in [4.78, 5) is 14.6. The van der Waals surface area contributed by atoms with E-state index in [0.29, 0.717) is 6.04 Å². The number of nitrogens with one attached hydrogen (secondary N) is 2. The molecule has 0 spiro atoms. The van der Waals surface area contributed by atoms with Crippen molar-refractivity contribution in [3.63, 3.8) is 0 Å². The first-order chi connectivity index (χ1) is 9.22. The molecular formula is C15H21N3O. The van der Waals surface area contributed by atoms with Gasteiger partial charge in [0.25, 0.3) is 0 Å². The summed E-state index contributed by atoms with van der Waals surface area (Å²) >= 11 is 0. The molecule has 3 rings (SSSR count). The molecule has 2 N–H and O–H groups in total. The van der Waals surface area contributed by atoms with Gasteiger partial charge < -0.3 is 15.5 Å². The second-order valence-corrected chi connectivity index (χ2v) is 5.67. The first-order valence-corrected chi connectivity index (χ1v) is 7.06. The van der Waals surface area contributed by atoms with E-state index in [2.05, 4.69) is 28.6 Å². The molecule has 1 fully saturated rings. The molecule has 4 nitrogen and oxygen atoms in total. The standard InChI is InChI=1S/C15H21N3O/c1-18-8-4-6-12(10-18)16-15(19)14-9-11-5-2-3-7-13(11)17-14/h2-3,5,7,12,14,17H,4,6,8-10H2,1H3,(H,16,19). The molecule has 2 aliphatic rings. The molecule has 0 bridgehead atoms. The summed E-state index contributed by atoms with van der Waals surface area (Å²) in [5.41, 5.74) is 2.34. The van der Waals surface area contributed by atoms with E-state index < -0.39 is 0 Å². The average molecular weight is 259 g/mol. The van der Waals surface area contributed by atoms with Gasteiger partial charge in [-0.25, -0.2) is 0 Å². The Bertz CT molecular complexity index is 449. The average Bonchev–Trinajstić information content (AvgIpc) is 2.82. The third kappa shape index (κ3) is 2.73. The SMILES string of the molecule is CN1CCCC(NC(=O)C2Cc3ccccc3N2)C1. The van der Waals surface area contributed by atoms with E-state index in [4.69, 9.17) is 0 Å². The van der Waals surface area contributed by atoms with Crippen LogP contribution in [-0.2, 0) is 11.2 Å². The van der Waals surface area contributed by atoms with E-state index in [1.165, 1.54) is 12.0 Å². The maximum Gasteiger partial charge on any atom is 0.243 e. The van der Waals surface area contributed by atoms with Gasteiger partial charge >= 0.3 is 0 Å². The quantitative estimate of drug-likeness (QED) is 0.840. The van der Waals surface area contributed by atoms with Crippen LogP contribution >= 0.6 is 0 Å². The highest BCUT2D eigenvalue weighted by molar-refractivity contribution is 5.87. The van der Waals surface area contributed by atoms with Gasteiger partial charge in [0.1, 0.15) is 6.04 Å². The van der Waals surface area contributed by atoms with Crippen LogP contribution in [0.15, 0.2) is 24.3 Å². The summed E-state index contributed by atoms with van der Waals surface area (Å²) in [6.07, 6.45) is 3.06. The summed E-state index contributed by atoms with van der Waals surface area (Å²) in [5.74, 6) is 0.136. The number of fused-ring (bicyclic) bond motifs is 1. The molecule has 1 amide bonds. The summed E-state index contributed by atoms with van der Waals surface area (Å²) in [6, 6.07) is 8.35. The van der Waals surface area contributed by atoms with Crippen LogP contribution in [0.3, 0.4) is 0 Å². The Kier molecular flexibility index (Phi) is 3.42. The van der Waals surface area contributed by atoms with Crippen molar-refractivity contribution in [2.45, 2.75) is 31.3 Å². The Morgan fingerprint density at radius 1 is 1.42 bits per heavy atom. The van der Waals surface area contributed by atoms with Crippen molar-refractivity contribution in [2.24, 2.45) is 0 Å². The normalized spacial score (nSPS) is 26.6. The van der Waals surface area contributed by atoms with Gasteiger partial charge in [-0.1, -0.05) is 18.2 Å². The Balaban J connectivity index is 1.58. The third-order valence-electron chi connectivity index (χ3n) is 4.06. The highest BCUT2D eigenvalue weighted by atomic mass is 16.2. The molecule has 2 aliphatic heterocycles. The lowest BCUT2D eigenvalue weighted by molar-refractivity contribution is -0.122. The molecule has 19 heavy (non-hydrogen) atoms. The number of amides is 1. The van der Waals surface area contributed by atoms with Gasteiger partial charge in [-0.3, -0.25) is 4.79 Å². The number of benzene rings is 1. The molecule has 1 aromatic carbocycles.